The van der Waals surface area contributed by atoms with Crippen molar-refractivity contribution in [3.05, 3.63) is 11.9 Å². The summed E-state index contributed by atoms with van der Waals surface area (Å²) < 4.78 is 5.44. The molecule has 5 nitrogen and oxygen atoms in total. The Hall–Kier alpha value is -1.36. The van der Waals surface area contributed by atoms with Gasteiger partial charge in [-0.2, -0.15) is 0 Å². The first-order valence-electron chi connectivity index (χ1n) is 7.65. The Kier molecular flexibility index (Phi) is 5.59. The molecule has 0 atom stereocenters. The van der Waals surface area contributed by atoms with Crippen molar-refractivity contribution in [1.82, 2.24) is 9.97 Å². The lowest BCUT2D eigenvalue weighted by Crippen LogP contribution is -2.37. The van der Waals surface area contributed by atoms with E-state index in [0.29, 0.717) is 6.10 Å². The van der Waals surface area contributed by atoms with Crippen molar-refractivity contribution in [2.75, 3.05) is 37.0 Å². The lowest BCUT2D eigenvalue weighted by Gasteiger charge is -2.33. The smallest absolute Gasteiger partial charge is 0.137 e. The van der Waals surface area contributed by atoms with Gasteiger partial charge in [0.05, 0.1) is 6.10 Å². The number of aromatic nitrogens is 2. The number of methoxy groups -OCH3 is 1. The summed E-state index contributed by atoms with van der Waals surface area (Å²) in [5.74, 6) is 2.10. The molecule has 0 bridgehead atoms. The van der Waals surface area contributed by atoms with Crippen LogP contribution in [0.25, 0.3) is 0 Å². The molecule has 1 aromatic heterocycles. The van der Waals surface area contributed by atoms with Gasteiger partial charge >= 0.3 is 0 Å². The van der Waals surface area contributed by atoms with Crippen LogP contribution in [0.2, 0.25) is 0 Å². The van der Waals surface area contributed by atoms with Crippen LogP contribution < -0.4 is 10.2 Å². The Morgan fingerprint density at radius 1 is 1.30 bits per heavy atom. The molecule has 2 rings (SSSR count). The van der Waals surface area contributed by atoms with E-state index in [4.69, 9.17) is 4.74 Å². The lowest BCUT2D eigenvalue weighted by molar-refractivity contribution is 0.0817. The predicted octanol–water partition coefficient (Wildman–Crippen LogP) is 2.48. The molecule has 5 heteroatoms. The average molecular weight is 278 g/mol. The van der Waals surface area contributed by atoms with E-state index in [2.05, 4.69) is 34.0 Å². The second-order valence-corrected chi connectivity index (χ2v) is 5.23. The normalized spacial score (nSPS) is 16.4. The van der Waals surface area contributed by atoms with Gasteiger partial charge in [-0.05, 0) is 26.2 Å². The standard InChI is InChI=1S/C15H26N4O/c1-4-6-13-14(16-5-2)17-11-18-15(13)19-9-7-12(20-3)8-10-19/h11-12H,4-10H2,1-3H3,(H,16,17,18). The van der Waals surface area contributed by atoms with E-state index >= 15 is 0 Å². The van der Waals surface area contributed by atoms with Crippen LogP contribution in [0, 0.1) is 0 Å². The summed E-state index contributed by atoms with van der Waals surface area (Å²) in [6.45, 7) is 7.21. The Morgan fingerprint density at radius 2 is 2.05 bits per heavy atom. The zero-order valence-corrected chi connectivity index (χ0v) is 12.9. The fourth-order valence-corrected chi connectivity index (χ4v) is 2.78. The third-order valence-electron chi connectivity index (χ3n) is 3.84. The van der Waals surface area contributed by atoms with Crippen molar-refractivity contribution in [2.24, 2.45) is 0 Å². The van der Waals surface area contributed by atoms with Gasteiger partial charge < -0.3 is 15.0 Å². The lowest BCUT2D eigenvalue weighted by atomic mass is 10.1. The number of anilines is 2. The fourth-order valence-electron chi connectivity index (χ4n) is 2.78. The molecule has 20 heavy (non-hydrogen) atoms. The summed E-state index contributed by atoms with van der Waals surface area (Å²) in [6.07, 6.45) is 6.34. The third kappa shape index (κ3) is 3.39. The quantitative estimate of drug-likeness (QED) is 0.866. The fraction of sp³-hybridized carbons (Fsp3) is 0.733. The Bertz CT molecular complexity index is 416. The first-order chi connectivity index (χ1) is 9.80. The first kappa shape index (κ1) is 15.0. The van der Waals surface area contributed by atoms with Crippen LogP contribution in [0.5, 0.6) is 0 Å². The first-order valence-corrected chi connectivity index (χ1v) is 7.65. The van der Waals surface area contributed by atoms with Crippen molar-refractivity contribution < 1.29 is 4.74 Å². The van der Waals surface area contributed by atoms with E-state index in [9.17, 15) is 0 Å². The second-order valence-electron chi connectivity index (χ2n) is 5.23. The molecule has 112 valence electrons. The Balaban J connectivity index is 2.19. The third-order valence-corrected chi connectivity index (χ3v) is 3.84. The van der Waals surface area contributed by atoms with Crippen LogP contribution in [-0.4, -0.2) is 42.8 Å². The molecule has 1 fully saturated rings. The van der Waals surface area contributed by atoms with E-state index in [0.717, 1.165) is 57.0 Å². The van der Waals surface area contributed by atoms with Crippen molar-refractivity contribution in [2.45, 2.75) is 45.6 Å². The molecule has 0 amide bonds. The van der Waals surface area contributed by atoms with E-state index in [-0.39, 0.29) is 0 Å². The van der Waals surface area contributed by atoms with E-state index in [1.54, 1.807) is 13.4 Å². The van der Waals surface area contributed by atoms with Crippen molar-refractivity contribution in [3.8, 4) is 0 Å². The minimum Gasteiger partial charge on any atom is -0.381 e. The van der Waals surface area contributed by atoms with Crippen LogP contribution >= 0.6 is 0 Å². The number of piperidine rings is 1. The van der Waals surface area contributed by atoms with Gasteiger partial charge in [0.1, 0.15) is 18.0 Å². The predicted molar refractivity (Wildman–Crippen MR) is 82.4 cm³/mol. The molecule has 1 N–H and O–H groups in total. The minimum atomic E-state index is 0.399. The van der Waals surface area contributed by atoms with Gasteiger partial charge in [0.2, 0.25) is 0 Å². The number of nitrogens with one attached hydrogen (secondary N) is 1. The van der Waals surface area contributed by atoms with Crippen LogP contribution in [0.15, 0.2) is 6.33 Å². The van der Waals surface area contributed by atoms with Gasteiger partial charge in [0.15, 0.2) is 0 Å². The van der Waals surface area contributed by atoms with Gasteiger partial charge in [-0.1, -0.05) is 13.3 Å². The number of hydrogen-bond acceptors (Lipinski definition) is 5. The molecule has 0 saturated carbocycles. The molecular formula is C15H26N4O. The molecule has 0 unspecified atom stereocenters. The van der Waals surface area contributed by atoms with Crippen LogP contribution in [-0.2, 0) is 11.2 Å². The SMILES string of the molecule is CCCc1c(NCC)ncnc1N1CCC(OC)CC1. The summed E-state index contributed by atoms with van der Waals surface area (Å²) in [7, 11) is 1.80. The van der Waals surface area contributed by atoms with Gasteiger partial charge in [0.25, 0.3) is 0 Å². The van der Waals surface area contributed by atoms with E-state index in [1.807, 2.05) is 0 Å². The number of rotatable bonds is 6. The summed E-state index contributed by atoms with van der Waals surface area (Å²) in [5.41, 5.74) is 1.26. The van der Waals surface area contributed by atoms with Crippen LogP contribution in [0.4, 0.5) is 11.6 Å². The molecular weight excluding hydrogens is 252 g/mol. The topological polar surface area (TPSA) is 50.3 Å². The maximum atomic E-state index is 5.44. The molecule has 0 aliphatic carbocycles. The maximum absolute atomic E-state index is 5.44. The van der Waals surface area contributed by atoms with Crippen molar-refractivity contribution in [1.29, 1.82) is 0 Å². The van der Waals surface area contributed by atoms with Crippen LogP contribution in [0.1, 0.15) is 38.7 Å². The number of hydrogen-bond donors (Lipinski definition) is 1. The van der Waals surface area contributed by atoms with Gasteiger partial charge in [-0.3, -0.25) is 0 Å². The number of nitrogens with zero attached hydrogens (tertiary/aromatic N) is 3. The highest BCUT2D eigenvalue weighted by Crippen LogP contribution is 2.27. The zero-order chi connectivity index (χ0) is 14.4. The molecule has 1 aliphatic heterocycles. The van der Waals surface area contributed by atoms with Gasteiger partial charge in [-0.25, -0.2) is 9.97 Å². The maximum Gasteiger partial charge on any atom is 0.137 e. The Labute approximate surface area is 121 Å². The van der Waals surface area contributed by atoms with Gasteiger partial charge in [-0.15, -0.1) is 0 Å². The molecule has 1 aromatic rings. The van der Waals surface area contributed by atoms with Crippen LogP contribution in [0.3, 0.4) is 0 Å². The summed E-state index contributed by atoms with van der Waals surface area (Å²) in [6, 6.07) is 0. The molecule has 2 heterocycles. The van der Waals surface area contributed by atoms with Crippen molar-refractivity contribution >= 4 is 11.6 Å². The summed E-state index contributed by atoms with van der Waals surface area (Å²) in [4.78, 5) is 11.3. The summed E-state index contributed by atoms with van der Waals surface area (Å²) >= 11 is 0. The zero-order valence-electron chi connectivity index (χ0n) is 12.9. The molecule has 1 saturated heterocycles. The molecule has 0 aromatic carbocycles. The van der Waals surface area contributed by atoms with E-state index < -0.39 is 0 Å². The Morgan fingerprint density at radius 3 is 2.65 bits per heavy atom. The van der Waals surface area contributed by atoms with Crippen molar-refractivity contribution in [3.63, 3.8) is 0 Å². The summed E-state index contributed by atoms with van der Waals surface area (Å²) in [5, 5.41) is 3.36. The van der Waals surface area contributed by atoms with E-state index in [1.165, 1.54) is 5.56 Å². The molecule has 1 aliphatic rings. The highest BCUT2D eigenvalue weighted by molar-refractivity contribution is 5.59. The second kappa shape index (κ2) is 7.43. The minimum absolute atomic E-state index is 0.399. The molecule has 0 spiro atoms. The molecule has 0 radical (unpaired) electrons. The largest absolute Gasteiger partial charge is 0.381 e. The number of ether oxygens (including phenoxy) is 1. The monoisotopic (exact) mass is 278 g/mol. The highest BCUT2D eigenvalue weighted by atomic mass is 16.5. The highest BCUT2D eigenvalue weighted by Gasteiger charge is 2.22. The van der Waals surface area contributed by atoms with Gasteiger partial charge in [0, 0.05) is 32.3 Å². The average Bonchev–Trinajstić information content (AvgIpc) is 2.49.